The van der Waals surface area contributed by atoms with Crippen LogP contribution in [0.15, 0.2) is 6.07 Å². The van der Waals surface area contributed by atoms with Gasteiger partial charge in [-0.05, 0) is 25.3 Å². The molecule has 0 atom stereocenters. The molecule has 4 nitrogen and oxygen atoms in total. The van der Waals surface area contributed by atoms with Crippen LogP contribution in [0.2, 0.25) is 0 Å². The molecule has 0 unspecified atom stereocenters. The van der Waals surface area contributed by atoms with Crippen molar-refractivity contribution in [1.82, 2.24) is 9.78 Å². The van der Waals surface area contributed by atoms with Crippen molar-refractivity contribution in [2.75, 3.05) is 0 Å². The van der Waals surface area contributed by atoms with E-state index in [0.29, 0.717) is 6.42 Å². The van der Waals surface area contributed by atoms with Crippen LogP contribution in [0, 0.1) is 5.41 Å². The maximum absolute atomic E-state index is 11.8. The SMILES string of the molecule is CCc1cc(CC2(C(=O)O)CCCCCC2)n(C)n1. The highest BCUT2D eigenvalue weighted by atomic mass is 16.4. The predicted octanol–water partition coefficient (Wildman–Crippen LogP) is 2.95. The van der Waals surface area contributed by atoms with E-state index in [-0.39, 0.29) is 0 Å². The third kappa shape index (κ3) is 2.99. The molecule has 19 heavy (non-hydrogen) atoms. The van der Waals surface area contributed by atoms with Crippen LogP contribution in [0.3, 0.4) is 0 Å². The fraction of sp³-hybridized carbons (Fsp3) is 0.733. The number of aromatic nitrogens is 2. The van der Waals surface area contributed by atoms with Crippen LogP contribution in [-0.2, 0) is 24.7 Å². The van der Waals surface area contributed by atoms with Gasteiger partial charge in [-0.1, -0.05) is 32.6 Å². The zero-order valence-corrected chi connectivity index (χ0v) is 12.0. The van der Waals surface area contributed by atoms with Crippen molar-refractivity contribution in [1.29, 1.82) is 0 Å². The maximum Gasteiger partial charge on any atom is 0.310 e. The van der Waals surface area contributed by atoms with Gasteiger partial charge in [0.15, 0.2) is 0 Å². The summed E-state index contributed by atoms with van der Waals surface area (Å²) in [6.45, 7) is 2.07. The standard InChI is InChI=1S/C15H24N2O2/c1-3-12-10-13(17(2)16-12)11-15(14(18)19)8-6-4-5-7-9-15/h10H,3-9,11H2,1-2H3,(H,18,19). The van der Waals surface area contributed by atoms with Crippen molar-refractivity contribution in [3.8, 4) is 0 Å². The summed E-state index contributed by atoms with van der Waals surface area (Å²) in [5, 5.41) is 14.1. The number of carbonyl (C=O) groups is 1. The highest BCUT2D eigenvalue weighted by Gasteiger charge is 2.39. The van der Waals surface area contributed by atoms with Crippen molar-refractivity contribution in [3.63, 3.8) is 0 Å². The number of hydrogen-bond acceptors (Lipinski definition) is 2. The van der Waals surface area contributed by atoms with Gasteiger partial charge < -0.3 is 5.11 Å². The van der Waals surface area contributed by atoms with Crippen LogP contribution in [0.25, 0.3) is 0 Å². The summed E-state index contributed by atoms with van der Waals surface area (Å²) in [5.41, 5.74) is 1.53. The van der Waals surface area contributed by atoms with Gasteiger partial charge in [-0.25, -0.2) is 0 Å². The maximum atomic E-state index is 11.8. The molecule has 1 N–H and O–H groups in total. The molecule has 0 aromatic carbocycles. The van der Waals surface area contributed by atoms with Gasteiger partial charge >= 0.3 is 5.97 Å². The second kappa shape index (κ2) is 5.76. The molecule has 0 amide bonds. The first kappa shape index (κ1) is 14.1. The Hall–Kier alpha value is -1.32. The van der Waals surface area contributed by atoms with Gasteiger partial charge in [0.2, 0.25) is 0 Å². The summed E-state index contributed by atoms with van der Waals surface area (Å²) >= 11 is 0. The molecule has 0 radical (unpaired) electrons. The Morgan fingerprint density at radius 2 is 2.00 bits per heavy atom. The van der Waals surface area contributed by atoms with Crippen LogP contribution in [0.1, 0.15) is 56.8 Å². The summed E-state index contributed by atoms with van der Waals surface area (Å²) in [7, 11) is 1.92. The van der Waals surface area contributed by atoms with E-state index < -0.39 is 11.4 Å². The van der Waals surface area contributed by atoms with Crippen LogP contribution in [0.4, 0.5) is 0 Å². The third-order valence-electron chi connectivity index (χ3n) is 4.42. The van der Waals surface area contributed by atoms with Crippen LogP contribution in [-0.4, -0.2) is 20.9 Å². The molecule has 0 aliphatic heterocycles. The monoisotopic (exact) mass is 264 g/mol. The molecule has 0 bridgehead atoms. The third-order valence-corrected chi connectivity index (χ3v) is 4.42. The first-order chi connectivity index (χ1) is 9.07. The highest BCUT2D eigenvalue weighted by molar-refractivity contribution is 5.75. The molecule has 1 saturated carbocycles. The molecular formula is C15H24N2O2. The molecule has 106 valence electrons. The number of hydrogen-bond donors (Lipinski definition) is 1. The van der Waals surface area contributed by atoms with Crippen molar-refractivity contribution in [3.05, 3.63) is 17.5 Å². The molecule has 1 heterocycles. The average molecular weight is 264 g/mol. The van der Waals surface area contributed by atoms with Crippen molar-refractivity contribution < 1.29 is 9.90 Å². The summed E-state index contributed by atoms with van der Waals surface area (Å²) in [6, 6.07) is 2.07. The topological polar surface area (TPSA) is 55.1 Å². The van der Waals surface area contributed by atoms with Crippen molar-refractivity contribution >= 4 is 5.97 Å². The lowest BCUT2D eigenvalue weighted by Gasteiger charge is -2.27. The first-order valence-corrected chi connectivity index (χ1v) is 7.32. The van der Waals surface area contributed by atoms with Gasteiger partial charge in [0.1, 0.15) is 0 Å². The molecule has 1 aliphatic carbocycles. The van der Waals surface area contributed by atoms with E-state index >= 15 is 0 Å². The number of rotatable bonds is 4. The quantitative estimate of drug-likeness (QED) is 0.851. The molecule has 1 aromatic rings. The lowest BCUT2D eigenvalue weighted by atomic mass is 9.76. The van der Waals surface area contributed by atoms with Crippen molar-refractivity contribution in [2.45, 2.75) is 58.3 Å². The molecule has 4 heteroatoms. The van der Waals surface area contributed by atoms with E-state index in [9.17, 15) is 9.90 Å². The van der Waals surface area contributed by atoms with E-state index in [1.807, 2.05) is 11.7 Å². The Labute approximate surface area is 114 Å². The lowest BCUT2D eigenvalue weighted by Crippen LogP contribution is -2.33. The minimum absolute atomic E-state index is 0.574. The minimum Gasteiger partial charge on any atom is -0.481 e. The molecule has 1 aromatic heterocycles. The Bertz CT molecular complexity index is 443. The largest absolute Gasteiger partial charge is 0.481 e. The molecule has 2 rings (SSSR count). The number of nitrogens with zero attached hydrogens (tertiary/aromatic N) is 2. The molecule has 1 aliphatic rings. The van der Waals surface area contributed by atoms with Crippen molar-refractivity contribution in [2.24, 2.45) is 12.5 Å². The Morgan fingerprint density at radius 1 is 1.37 bits per heavy atom. The Morgan fingerprint density at radius 3 is 2.47 bits per heavy atom. The fourth-order valence-electron chi connectivity index (χ4n) is 3.13. The first-order valence-electron chi connectivity index (χ1n) is 7.32. The van der Waals surface area contributed by atoms with Crippen LogP contribution >= 0.6 is 0 Å². The van der Waals surface area contributed by atoms with Gasteiger partial charge in [-0.2, -0.15) is 5.10 Å². The second-order valence-electron chi connectivity index (χ2n) is 5.78. The minimum atomic E-state index is -0.631. The zero-order valence-electron chi connectivity index (χ0n) is 12.0. The highest BCUT2D eigenvalue weighted by Crippen LogP contribution is 2.38. The van der Waals surface area contributed by atoms with E-state index in [2.05, 4.69) is 18.1 Å². The van der Waals surface area contributed by atoms with Gasteiger partial charge in [-0.3, -0.25) is 9.48 Å². The lowest BCUT2D eigenvalue weighted by molar-refractivity contribution is -0.150. The summed E-state index contributed by atoms with van der Waals surface area (Å²) in [4.78, 5) is 11.8. The van der Waals surface area contributed by atoms with E-state index in [0.717, 1.165) is 43.5 Å². The zero-order chi connectivity index (χ0) is 13.9. The average Bonchev–Trinajstić information content (AvgIpc) is 2.60. The summed E-state index contributed by atoms with van der Waals surface area (Å²) in [5.74, 6) is -0.631. The number of aryl methyl sites for hydroxylation is 2. The van der Waals surface area contributed by atoms with E-state index in [4.69, 9.17) is 0 Å². The van der Waals surface area contributed by atoms with Gasteiger partial charge in [0, 0.05) is 19.2 Å². The van der Waals surface area contributed by atoms with E-state index in [1.165, 1.54) is 12.8 Å². The van der Waals surface area contributed by atoms with Crippen LogP contribution < -0.4 is 0 Å². The molecule has 0 saturated heterocycles. The number of carboxylic acids is 1. The van der Waals surface area contributed by atoms with Gasteiger partial charge in [0.05, 0.1) is 11.1 Å². The predicted molar refractivity (Wildman–Crippen MR) is 74.1 cm³/mol. The van der Waals surface area contributed by atoms with E-state index in [1.54, 1.807) is 0 Å². The number of aliphatic carboxylic acids is 1. The normalized spacial score (nSPS) is 19.1. The fourth-order valence-corrected chi connectivity index (χ4v) is 3.13. The smallest absolute Gasteiger partial charge is 0.310 e. The van der Waals surface area contributed by atoms with Gasteiger partial charge in [-0.15, -0.1) is 0 Å². The van der Waals surface area contributed by atoms with Gasteiger partial charge in [0.25, 0.3) is 0 Å². The molecular weight excluding hydrogens is 240 g/mol. The summed E-state index contributed by atoms with van der Waals surface area (Å²) < 4.78 is 1.86. The Balaban J connectivity index is 2.24. The van der Waals surface area contributed by atoms with Crippen LogP contribution in [0.5, 0.6) is 0 Å². The molecule has 1 fully saturated rings. The molecule has 0 spiro atoms. The Kier molecular flexibility index (Phi) is 4.27. The second-order valence-corrected chi connectivity index (χ2v) is 5.78. The number of carboxylic acid groups (broad SMARTS) is 1. The summed E-state index contributed by atoms with van der Waals surface area (Å²) in [6.07, 6.45) is 7.51.